The average Bonchev–Trinajstić information content (AvgIpc) is 2.94. The Morgan fingerprint density at radius 1 is 1.22 bits per heavy atom. The third-order valence-corrected chi connectivity index (χ3v) is 4.74. The maximum absolute atomic E-state index is 5.25. The van der Waals surface area contributed by atoms with Gasteiger partial charge in [-0.1, -0.05) is 19.1 Å². The van der Waals surface area contributed by atoms with Crippen molar-refractivity contribution < 1.29 is 4.74 Å². The van der Waals surface area contributed by atoms with Crippen molar-refractivity contribution in [3.8, 4) is 0 Å². The molecule has 9 heteroatoms. The minimum absolute atomic E-state index is 0.441. The largest absolute Gasteiger partial charge is 0.385 e. The van der Waals surface area contributed by atoms with Crippen LogP contribution in [0.3, 0.4) is 0 Å². The van der Waals surface area contributed by atoms with Crippen LogP contribution in [0.4, 0.5) is 0 Å². The van der Waals surface area contributed by atoms with E-state index in [0.717, 1.165) is 48.7 Å². The molecule has 0 aliphatic rings. The summed E-state index contributed by atoms with van der Waals surface area (Å²) in [5.41, 5.74) is 10.5. The highest BCUT2D eigenvalue weighted by Crippen LogP contribution is 2.17. The van der Waals surface area contributed by atoms with Gasteiger partial charge >= 0.3 is 0 Å². The zero-order valence-corrected chi connectivity index (χ0v) is 18.6. The molecule has 0 bridgehead atoms. The standard InChI is InChI=1S/C18H30N6OS2/c1-7-16(26)21-22-17(13(3)20-23-18(27)19-5)15-11-12(2)24(14(15)4)9-8-10-25-6/h11H,7-10H2,1-6H3,(H,21,26)(H2,19,23,27)/b20-13+,22-17-. The third-order valence-electron chi connectivity index (χ3n) is 4.07. The van der Waals surface area contributed by atoms with Gasteiger partial charge in [-0.2, -0.15) is 10.2 Å². The molecule has 1 rings (SSSR count). The van der Waals surface area contributed by atoms with Crippen LogP contribution in [0.5, 0.6) is 0 Å². The van der Waals surface area contributed by atoms with Crippen LogP contribution in [0.2, 0.25) is 0 Å². The summed E-state index contributed by atoms with van der Waals surface area (Å²) in [7, 11) is 3.46. The average molecular weight is 411 g/mol. The molecule has 0 unspecified atom stereocenters. The Morgan fingerprint density at radius 3 is 2.52 bits per heavy atom. The van der Waals surface area contributed by atoms with E-state index >= 15 is 0 Å². The quantitative estimate of drug-likeness (QED) is 0.252. The number of hydrogen-bond donors (Lipinski definition) is 3. The molecule has 27 heavy (non-hydrogen) atoms. The first kappa shape index (κ1) is 23.2. The molecular weight excluding hydrogens is 380 g/mol. The summed E-state index contributed by atoms with van der Waals surface area (Å²) in [4.78, 5) is 0.674. The van der Waals surface area contributed by atoms with E-state index in [-0.39, 0.29) is 0 Å². The minimum atomic E-state index is 0.441. The van der Waals surface area contributed by atoms with Crippen LogP contribution >= 0.6 is 24.4 Å². The van der Waals surface area contributed by atoms with Crippen molar-refractivity contribution in [1.29, 1.82) is 0 Å². The third kappa shape index (κ3) is 7.00. The van der Waals surface area contributed by atoms with E-state index in [1.807, 2.05) is 13.8 Å². The van der Waals surface area contributed by atoms with Crippen LogP contribution in [-0.2, 0) is 11.3 Å². The molecule has 1 heterocycles. The Morgan fingerprint density at radius 2 is 1.93 bits per heavy atom. The fraction of sp³-hybridized carbons (Fsp3) is 0.556. The molecule has 0 saturated carbocycles. The molecule has 0 aromatic carbocycles. The van der Waals surface area contributed by atoms with Gasteiger partial charge in [0.2, 0.25) is 0 Å². The topological polar surface area (TPSA) is 75.0 Å². The first-order valence-corrected chi connectivity index (χ1v) is 9.72. The van der Waals surface area contributed by atoms with E-state index in [2.05, 4.69) is 50.9 Å². The fourth-order valence-electron chi connectivity index (χ4n) is 2.53. The van der Waals surface area contributed by atoms with Crippen molar-refractivity contribution >= 4 is 46.0 Å². The smallest absolute Gasteiger partial charge is 0.186 e. The maximum atomic E-state index is 5.25. The zero-order chi connectivity index (χ0) is 20.4. The number of hydrogen-bond acceptors (Lipinski definition) is 5. The van der Waals surface area contributed by atoms with Gasteiger partial charge in [0.25, 0.3) is 0 Å². The number of aromatic nitrogens is 1. The highest BCUT2D eigenvalue weighted by atomic mass is 32.1. The van der Waals surface area contributed by atoms with E-state index in [9.17, 15) is 0 Å². The fourth-order valence-corrected chi connectivity index (χ4v) is 2.62. The number of nitrogens with one attached hydrogen (secondary N) is 3. The minimum Gasteiger partial charge on any atom is -0.385 e. The second kappa shape index (κ2) is 11.8. The van der Waals surface area contributed by atoms with E-state index in [4.69, 9.17) is 29.2 Å². The van der Waals surface area contributed by atoms with Crippen LogP contribution in [0.1, 0.15) is 43.6 Å². The molecule has 7 nitrogen and oxygen atoms in total. The van der Waals surface area contributed by atoms with E-state index in [0.29, 0.717) is 15.8 Å². The van der Waals surface area contributed by atoms with Gasteiger partial charge in [-0.15, -0.1) is 0 Å². The lowest BCUT2D eigenvalue weighted by atomic mass is 10.1. The summed E-state index contributed by atoms with van der Waals surface area (Å²) < 4.78 is 7.44. The van der Waals surface area contributed by atoms with Gasteiger partial charge in [-0.3, -0.25) is 10.9 Å². The first-order valence-electron chi connectivity index (χ1n) is 8.90. The Labute approximate surface area is 172 Å². The van der Waals surface area contributed by atoms with Gasteiger partial charge in [-0.05, 0) is 51.9 Å². The Balaban J connectivity index is 3.24. The second-order valence-electron chi connectivity index (χ2n) is 6.02. The SMILES string of the molecule is CCC(=S)N/N=C(/C(C)=N/NC(=S)NC)c1cc(C)n(CCCOC)c1C. The molecule has 0 fully saturated rings. The van der Waals surface area contributed by atoms with Gasteiger partial charge in [0, 0.05) is 44.3 Å². The summed E-state index contributed by atoms with van der Waals surface area (Å²) >= 11 is 10.3. The first-order chi connectivity index (χ1) is 12.8. The van der Waals surface area contributed by atoms with Gasteiger partial charge in [0.05, 0.1) is 10.7 Å². The predicted molar refractivity (Wildman–Crippen MR) is 121 cm³/mol. The molecule has 0 amide bonds. The Hall–Kier alpha value is -1.84. The molecular formula is C18H30N6OS2. The summed E-state index contributed by atoms with van der Waals surface area (Å²) in [5.74, 6) is 0. The highest BCUT2D eigenvalue weighted by molar-refractivity contribution is 7.80. The molecule has 0 aliphatic carbocycles. The molecule has 150 valence electrons. The number of ether oxygens (including phenoxy) is 1. The zero-order valence-electron chi connectivity index (χ0n) is 17.0. The number of methoxy groups -OCH3 is 1. The number of hydrazone groups is 2. The lowest BCUT2D eigenvalue weighted by Crippen LogP contribution is -2.31. The van der Waals surface area contributed by atoms with Gasteiger partial charge in [0.1, 0.15) is 5.71 Å². The summed E-state index contributed by atoms with van der Waals surface area (Å²) in [6, 6.07) is 2.12. The van der Waals surface area contributed by atoms with Crippen molar-refractivity contribution in [2.45, 2.75) is 47.1 Å². The summed E-state index contributed by atoms with van der Waals surface area (Å²) in [6.07, 6.45) is 1.67. The van der Waals surface area contributed by atoms with Gasteiger partial charge < -0.3 is 14.6 Å². The van der Waals surface area contributed by atoms with Crippen molar-refractivity contribution in [2.75, 3.05) is 20.8 Å². The monoisotopic (exact) mass is 410 g/mol. The van der Waals surface area contributed by atoms with Crippen molar-refractivity contribution in [3.63, 3.8) is 0 Å². The van der Waals surface area contributed by atoms with E-state index < -0.39 is 0 Å². The molecule has 3 N–H and O–H groups in total. The Bertz CT molecular complexity index is 724. The molecule has 0 atom stereocenters. The molecule has 0 saturated heterocycles. The Kier molecular flexibility index (Phi) is 10.1. The maximum Gasteiger partial charge on any atom is 0.186 e. The number of aryl methyl sites for hydroxylation is 1. The normalized spacial score (nSPS) is 12.1. The molecule has 1 aromatic rings. The highest BCUT2D eigenvalue weighted by Gasteiger charge is 2.17. The van der Waals surface area contributed by atoms with Crippen molar-refractivity contribution in [3.05, 3.63) is 23.0 Å². The predicted octanol–water partition coefficient (Wildman–Crippen LogP) is 2.64. The van der Waals surface area contributed by atoms with Crippen molar-refractivity contribution in [1.82, 2.24) is 20.7 Å². The molecule has 0 aliphatic heterocycles. The van der Waals surface area contributed by atoms with E-state index in [1.54, 1.807) is 14.2 Å². The van der Waals surface area contributed by atoms with Gasteiger partial charge in [0.15, 0.2) is 5.11 Å². The number of rotatable bonds is 9. The van der Waals surface area contributed by atoms with E-state index in [1.165, 1.54) is 0 Å². The van der Waals surface area contributed by atoms with Crippen LogP contribution in [0.15, 0.2) is 16.3 Å². The van der Waals surface area contributed by atoms with Crippen molar-refractivity contribution in [2.24, 2.45) is 10.2 Å². The lowest BCUT2D eigenvalue weighted by molar-refractivity contribution is 0.190. The van der Waals surface area contributed by atoms with Gasteiger partial charge in [-0.25, -0.2) is 0 Å². The molecule has 1 aromatic heterocycles. The van der Waals surface area contributed by atoms with Crippen LogP contribution in [0, 0.1) is 13.8 Å². The second-order valence-corrected chi connectivity index (χ2v) is 6.92. The summed E-state index contributed by atoms with van der Waals surface area (Å²) in [6.45, 7) is 9.66. The number of nitrogens with zero attached hydrogens (tertiary/aromatic N) is 3. The molecule has 0 spiro atoms. The van der Waals surface area contributed by atoms with Crippen LogP contribution in [0.25, 0.3) is 0 Å². The molecule has 0 radical (unpaired) electrons. The number of thiocarbonyl (C=S) groups is 2. The summed E-state index contributed by atoms with van der Waals surface area (Å²) in [5, 5.41) is 12.2. The lowest BCUT2D eigenvalue weighted by Gasteiger charge is -2.11. The van der Waals surface area contributed by atoms with Crippen LogP contribution in [-0.4, -0.2) is 46.9 Å². The van der Waals surface area contributed by atoms with Crippen LogP contribution < -0.4 is 16.2 Å².